The summed E-state index contributed by atoms with van der Waals surface area (Å²) in [7, 11) is 0. The number of rotatable bonds is 6. The van der Waals surface area contributed by atoms with Crippen LogP contribution in [0, 0.1) is 20.8 Å². The number of fused-ring (bicyclic) bond motifs is 2. The minimum absolute atomic E-state index is 0.0335. The Kier molecular flexibility index (Phi) is 5.37. The quantitative estimate of drug-likeness (QED) is 0.498. The van der Waals surface area contributed by atoms with Crippen molar-refractivity contribution in [1.82, 2.24) is 10.2 Å². The number of nitrogens with one attached hydrogen (secondary N) is 1. The summed E-state index contributed by atoms with van der Waals surface area (Å²) in [6, 6.07) is 3.70. The van der Waals surface area contributed by atoms with Gasteiger partial charge in [-0.05, 0) is 50.8 Å². The van der Waals surface area contributed by atoms with Gasteiger partial charge in [-0.1, -0.05) is 0 Å². The van der Waals surface area contributed by atoms with Crippen molar-refractivity contribution in [3.05, 3.63) is 45.0 Å². The number of hydrogen-bond donors (Lipinski definition) is 1. The summed E-state index contributed by atoms with van der Waals surface area (Å²) in [4.78, 5) is 38.4. The summed E-state index contributed by atoms with van der Waals surface area (Å²) >= 11 is 0. The van der Waals surface area contributed by atoms with Crippen molar-refractivity contribution in [2.75, 3.05) is 19.6 Å². The van der Waals surface area contributed by atoms with Gasteiger partial charge in [-0.3, -0.25) is 9.59 Å². The molecule has 0 atom stereocenters. The summed E-state index contributed by atoms with van der Waals surface area (Å²) in [5.41, 5.74) is 2.80. The van der Waals surface area contributed by atoms with E-state index in [4.69, 9.17) is 8.83 Å². The molecule has 0 bridgehead atoms. The van der Waals surface area contributed by atoms with E-state index < -0.39 is 5.63 Å². The van der Waals surface area contributed by atoms with Crippen LogP contribution in [0.15, 0.2) is 25.8 Å². The van der Waals surface area contributed by atoms with Crippen LogP contribution in [0.4, 0.5) is 0 Å². The fraction of sp³-hybridized carbons (Fsp3) is 0.435. The molecule has 0 aliphatic carbocycles. The van der Waals surface area contributed by atoms with Crippen LogP contribution in [0.2, 0.25) is 0 Å². The molecule has 1 N–H and O–H groups in total. The lowest BCUT2D eigenvalue weighted by Crippen LogP contribution is -2.32. The molecular formula is C23H26N2O5. The molecule has 0 unspecified atom stereocenters. The van der Waals surface area contributed by atoms with Gasteiger partial charge in [0, 0.05) is 42.9 Å². The number of likely N-dealkylation sites (tertiary alicyclic amines) is 1. The number of carbonyl (C=O) groups excluding carboxylic acids is 2. The van der Waals surface area contributed by atoms with Crippen LogP contribution in [0.5, 0.6) is 0 Å². The predicted molar refractivity (Wildman–Crippen MR) is 114 cm³/mol. The van der Waals surface area contributed by atoms with Gasteiger partial charge in [0.05, 0.1) is 12.0 Å². The van der Waals surface area contributed by atoms with Crippen LogP contribution in [0.3, 0.4) is 0 Å². The first-order valence-corrected chi connectivity index (χ1v) is 10.4. The highest BCUT2D eigenvalue weighted by Gasteiger charge is 2.20. The maximum absolute atomic E-state index is 12.5. The maximum Gasteiger partial charge on any atom is 0.340 e. The average molecular weight is 410 g/mol. The number of benzene rings is 1. The molecule has 1 aliphatic rings. The molecule has 2 amide bonds. The second kappa shape index (κ2) is 7.97. The van der Waals surface area contributed by atoms with E-state index in [1.54, 1.807) is 6.07 Å². The van der Waals surface area contributed by atoms with Gasteiger partial charge in [-0.15, -0.1) is 0 Å². The van der Waals surface area contributed by atoms with Crippen LogP contribution >= 0.6 is 0 Å². The van der Waals surface area contributed by atoms with Gasteiger partial charge in [-0.25, -0.2) is 4.79 Å². The summed E-state index contributed by atoms with van der Waals surface area (Å²) in [5.74, 6) is 0.785. The van der Waals surface area contributed by atoms with E-state index in [-0.39, 0.29) is 18.2 Å². The number of aryl methyl sites for hydroxylation is 3. The van der Waals surface area contributed by atoms with Crippen molar-refractivity contribution in [2.45, 2.75) is 46.5 Å². The average Bonchev–Trinajstić information content (AvgIpc) is 3.23. The van der Waals surface area contributed by atoms with Crippen LogP contribution < -0.4 is 10.9 Å². The lowest BCUT2D eigenvalue weighted by molar-refractivity contribution is -0.127. The number of furan rings is 1. The third-order valence-corrected chi connectivity index (χ3v) is 6.02. The second-order valence-corrected chi connectivity index (χ2v) is 7.99. The van der Waals surface area contributed by atoms with Crippen molar-refractivity contribution >= 4 is 33.8 Å². The molecular weight excluding hydrogens is 384 g/mol. The van der Waals surface area contributed by atoms with Crippen LogP contribution in [-0.2, 0) is 16.0 Å². The van der Waals surface area contributed by atoms with E-state index in [9.17, 15) is 14.4 Å². The van der Waals surface area contributed by atoms with Crippen molar-refractivity contribution in [3.63, 3.8) is 0 Å². The standard InChI is InChI=1S/C23H26N2O5/c1-13-15(3)29-19-12-20-17(10-16(13)19)14(2)18(23(28)30-20)11-21(26)24-7-5-9-25-8-4-6-22(25)27/h10,12H,4-9,11H2,1-3H3,(H,24,26). The maximum atomic E-state index is 12.5. The predicted octanol–water partition coefficient (Wildman–Crippen LogP) is 3.14. The third kappa shape index (κ3) is 3.72. The largest absolute Gasteiger partial charge is 0.461 e. The van der Waals surface area contributed by atoms with Crippen LogP contribution in [0.25, 0.3) is 21.9 Å². The van der Waals surface area contributed by atoms with Gasteiger partial charge in [0.25, 0.3) is 0 Å². The first-order chi connectivity index (χ1) is 14.3. The Balaban J connectivity index is 1.48. The Morgan fingerprint density at radius 3 is 2.53 bits per heavy atom. The zero-order valence-corrected chi connectivity index (χ0v) is 17.6. The molecule has 1 aliphatic heterocycles. The van der Waals surface area contributed by atoms with E-state index in [2.05, 4.69) is 5.32 Å². The fourth-order valence-electron chi connectivity index (χ4n) is 4.09. The molecule has 0 saturated carbocycles. The molecule has 7 nitrogen and oxygen atoms in total. The van der Waals surface area contributed by atoms with E-state index in [1.165, 1.54) is 0 Å². The van der Waals surface area contributed by atoms with E-state index >= 15 is 0 Å². The van der Waals surface area contributed by atoms with E-state index in [1.807, 2.05) is 31.7 Å². The normalized spacial score (nSPS) is 14.2. The Bertz CT molecular complexity index is 1200. The second-order valence-electron chi connectivity index (χ2n) is 7.99. The highest BCUT2D eigenvalue weighted by molar-refractivity contribution is 5.97. The topological polar surface area (TPSA) is 92.8 Å². The molecule has 1 aromatic carbocycles. The van der Waals surface area contributed by atoms with Crippen molar-refractivity contribution < 1.29 is 18.4 Å². The molecule has 3 heterocycles. The minimum Gasteiger partial charge on any atom is -0.461 e. The summed E-state index contributed by atoms with van der Waals surface area (Å²) in [5, 5.41) is 4.62. The molecule has 1 saturated heterocycles. The van der Waals surface area contributed by atoms with Crippen molar-refractivity contribution in [3.8, 4) is 0 Å². The molecule has 7 heteroatoms. The Labute approximate surface area is 174 Å². The van der Waals surface area contributed by atoms with Crippen LogP contribution in [0.1, 0.15) is 41.7 Å². The van der Waals surface area contributed by atoms with Crippen molar-refractivity contribution in [1.29, 1.82) is 0 Å². The van der Waals surface area contributed by atoms with Gasteiger partial charge in [0.15, 0.2) is 0 Å². The molecule has 158 valence electrons. The Morgan fingerprint density at radius 1 is 1.07 bits per heavy atom. The number of carbonyl (C=O) groups is 2. The van der Waals surface area contributed by atoms with Gasteiger partial charge >= 0.3 is 5.63 Å². The van der Waals surface area contributed by atoms with Gasteiger partial charge < -0.3 is 19.1 Å². The minimum atomic E-state index is -0.503. The molecule has 0 radical (unpaired) electrons. The SMILES string of the molecule is Cc1oc2cc3oc(=O)c(CC(=O)NCCCN4CCCC4=O)c(C)c3cc2c1C. The molecule has 0 spiro atoms. The number of amides is 2. The highest BCUT2D eigenvalue weighted by atomic mass is 16.4. The lowest BCUT2D eigenvalue weighted by atomic mass is 10.0. The molecule has 1 fully saturated rings. The first kappa shape index (κ1) is 20.2. The zero-order chi connectivity index (χ0) is 21.4. The van der Waals surface area contributed by atoms with Gasteiger partial charge in [-0.2, -0.15) is 0 Å². The summed E-state index contributed by atoms with van der Waals surface area (Å²) in [6.45, 7) is 7.65. The van der Waals surface area contributed by atoms with E-state index in [0.717, 1.165) is 40.6 Å². The molecule has 2 aromatic heterocycles. The molecule has 3 aromatic rings. The highest BCUT2D eigenvalue weighted by Crippen LogP contribution is 2.30. The summed E-state index contributed by atoms with van der Waals surface area (Å²) in [6.07, 6.45) is 2.19. The molecule has 30 heavy (non-hydrogen) atoms. The number of nitrogens with zero attached hydrogens (tertiary/aromatic N) is 1. The molecule has 4 rings (SSSR count). The van der Waals surface area contributed by atoms with Crippen LogP contribution in [-0.4, -0.2) is 36.3 Å². The Hall–Kier alpha value is -3.09. The smallest absolute Gasteiger partial charge is 0.340 e. The van der Waals surface area contributed by atoms with Crippen molar-refractivity contribution in [2.24, 2.45) is 0 Å². The fourth-order valence-corrected chi connectivity index (χ4v) is 4.09. The zero-order valence-electron chi connectivity index (χ0n) is 17.6. The summed E-state index contributed by atoms with van der Waals surface area (Å²) < 4.78 is 11.2. The van der Waals surface area contributed by atoms with E-state index in [0.29, 0.717) is 42.7 Å². The Morgan fingerprint density at radius 2 is 1.80 bits per heavy atom. The number of hydrogen-bond acceptors (Lipinski definition) is 5. The monoisotopic (exact) mass is 410 g/mol. The lowest BCUT2D eigenvalue weighted by Gasteiger charge is -2.15. The third-order valence-electron chi connectivity index (χ3n) is 6.02. The van der Waals surface area contributed by atoms with Gasteiger partial charge in [0.2, 0.25) is 11.8 Å². The van der Waals surface area contributed by atoms with Gasteiger partial charge in [0.1, 0.15) is 16.9 Å². The first-order valence-electron chi connectivity index (χ1n) is 10.4.